The van der Waals surface area contributed by atoms with Gasteiger partial charge in [-0.3, -0.25) is 0 Å². The maximum absolute atomic E-state index is 13.4. The van der Waals surface area contributed by atoms with Gasteiger partial charge >= 0.3 is 0 Å². The van der Waals surface area contributed by atoms with Gasteiger partial charge in [0.15, 0.2) is 0 Å². The molecule has 0 unspecified atom stereocenters. The molecule has 0 amide bonds. The van der Waals surface area contributed by atoms with Crippen molar-refractivity contribution in [3.63, 3.8) is 0 Å². The molecule has 2 saturated carbocycles. The van der Waals surface area contributed by atoms with E-state index in [0.29, 0.717) is 18.0 Å². The van der Waals surface area contributed by atoms with E-state index in [1.54, 1.807) is 4.31 Å². The molecule has 0 atom stereocenters. The lowest BCUT2D eigenvalue weighted by molar-refractivity contribution is 0.388. The van der Waals surface area contributed by atoms with E-state index in [4.69, 9.17) is 11.6 Å². The van der Waals surface area contributed by atoms with E-state index >= 15 is 0 Å². The van der Waals surface area contributed by atoms with E-state index in [0.717, 1.165) is 31.7 Å². The molecule has 0 aromatic heterocycles. The molecule has 110 valence electrons. The largest absolute Gasteiger partial charge is 0.243 e. The van der Waals surface area contributed by atoms with Crippen molar-refractivity contribution in [2.45, 2.75) is 42.5 Å². The third-order valence-corrected chi connectivity index (χ3v) is 6.14. The van der Waals surface area contributed by atoms with Crippen molar-refractivity contribution in [1.29, 1.82) is 0 Å². The monoisotopic (exact) mass is 317 g/mol. The van der Waals surface area contributed by atoms with Crippen LogP contribution in [-0.4, -0.2) is 25.3 Å². The predicted molar refractivity (Wildman–Crippen MR) is 75.6 cm³/mol. The van der Waals surface area contributed by atoms with Crippen molar-refractivity contribution in [2.75, 3.05) is 6.54 Å². The van der Waals surface area contributed by atoms with Crippen molar-refractivity contribution in [1.82, 2.24) is 4.31 Å². The maximum atomic E-state index is 13.4. The third kappa shape index (κ3) is 2.85. The number of nitrogens with zero attached hydrogens (tertiary/aromatic N) is 1. The lowest BCUT2D eigenvalue weighted by Gasteiger charge is -2.23. The summed E-state index contributed by atoms with van der Waals surface area (Å²) < 4.78 is 40.6. The highest BCUT2D eigenvalue weighted by molar-refractivity contribution is 7.89. The fourth-order valence-electron chi connectivity index (χ4n) is 2.37. The van der Waals surface area contributed by atoms with Crippen molar-refractivity contribution in [3.8, 4) is 0 Å². The molecule has 20 heavy (non-hydrogen) atoms. The predicted octanol–water partition coefficient (Wildman–Crippen LogP) is 3.13. The van der Waals surface area contributed by atoms with E-state index in [-0.39, 0.29) is 16.8 Å². The highest BCUT2D eigenvalue weighted by atomic mass is 35.5. The molecule has 0 bridgehead atoms. The number of halogens is 2. The van der Waals surface area contributed by atoms with E-state index in [2.05, 4.69) is 0 Å². The van der Waals surface area contributed by atoms with Gasteiger partial charge in [-0.05, 0) is 49.3 Å². The first-order valence-electron chi connectivity index (χ1n) is 6.88. The Morgan fingerprint density at radius 3 is 2.50 bits per heavy atom. The number of hydrogen-bond acceptors (Lipinski definition) is 2. The lowest BCUT2D eigenvalue weighted by atomic mass is 10.2. The molecule has 3 rings (SSSR count). The van der Waals surface area contributed by atoms with Crippen molar-refractivity contribution in [2.24, 2.45) is 5.92 Å². The average molecular weight is 318 g/mol. The average Bonchev–Trinajstić information content (AvgIpc) is 3.27. The second-order valence-corrected chi connectivity index (χ2v) is 7.76. The summed E-state index contributed by atoms with van der Waals surface area (Å²) in [7, 11) is -3.65. The number of benzene rings is 1. The van der Waals surface area contributed by atoms with Crippen molar-refractivity contribution >= 4 is 21.6 Å². The van der Waals surface area contributed by atoms with Crippen LogP contribution in [0.1, 0.15) is 31.2 Å². The van der Waals surface area contributed by atoms with Crippen LogP contribution >= 0.6 is 11.6 Å². The quantitative estimate of drug-likeness (QED) is 0.756. The summed E-state index contributed by atoms with van der Waals surface area (Å²) in [5.41, 5.74) is 0.467. The Morgan fingerprint density at radius 2 is 1.95 bits per heavy atom. The van der Waals surface area contributed by atoms with Crippen LogP contribution in [0, 0.1) is 11.7 Å². The van der Waals surface area contributed by atoms with E-state index < -0.39 is 15.8 Å². The minimum atomic E-state index is -3.65. The highest BCUT2D eigenvalue weighted by Crippen LogP contribution is 2.38. The van der Waals surface area contributed by atoms with Gasteiger partial charge in [0.05, 0.1) is 4.90 Å². The second-order valence-electron chi connectivity index (χ2n) is 5.63. The molecule has 1 aromatic carbocycles. The Labute approximate surface area is 123 Å². The zero-order valence-electron chi connectivity index (χ0n) is 11.1. The number of hydrogen-bond donors (Lipinski definition) is 0. The van der Waals surface area contributed by atoms with Gasteiger partial charge in [0, 0.05) is 18.5 Å². The molecule has 0 aliphatic heterocycles. The molecule has 0 heterocycles. The van der Waals surface area contributed by atoms with Gasteiger partial charge in [-0.25, -0.2) is 12.8 Å². The van der Waals surface area contributed by atoms with Gasteiger partial charge in [-0.2, -0.15) is 4.31 Å². The van der Waals surface area contributed by atoms with Crippen LogP contribution < -0.4 is 0 Å². The maximum Gasteiger partial charge on any atom is 0.243 e. The zero-order chi connectivity index (χ0) is 14.3. The molecule has 0 saturated heterocycles. The third-order valence-electron chi connectivity index (χ3n) is 3.85. The summed E-state index contributed by atoms with van der Waals surface area (Å²) in [6, 6.07) is 3.89. The van der Waals surface area contributed by atoms with Gasteiger partial charge < -0.3 is 0 Å². The molecular weight excluding hydrogens is 301 g/mol. The Bertz CT molecular complexity index is 612. The Balaban J connectivity index is 1.98. The molecule has 2 aliphatic carbocycles. The summed E-state index contributed by atoms with van der Waals surface area (Å²) in [5.74, 6) is -0.00505. The Kier molecular flexibility index (Phi) is 3.77. The summed E-state index contributed by atoms with van der Waals surface area (Å²) in [4.78, 5) is 0.0278. The highest BCUT2D eigenvalue weighted by Gasteiger charge is 2.41. The molecule has 2 fully saturated rings. The molecule has 0 spiro atoms. The number of sulfonamides is 1. The number of rotatable bonds is 6. The fraction of sp³-hybridized carbons (Fsp3) is 0.571. The second kappa shape index (κ2) is 5.28. The minimum Gasteiger partial charge on any atom is -0.207 e. The molecule has 3 nitrogen and oxygen atoms in total. The molecular formula is C14H17ClFNO2S. The lowest BCUT2D eigenvalue weighted by Crippen LogP contribution is -2.35. The summed E-state index contributed by atoms with van der Waals surface area (Å²) in [6.45, 7) is 0.561. The van der Waals surface area contributed by atoms with Crippen molar-refractivity contribution in [3.05, 3.63) is 29.6 Å². The van der Waals surface area contributed by atoms with E-state index in [1.807, 2.05) is 0 Å². The van der Waals surface area contributed by atoms with Crippen LogP contribution in [0.5, 0.6) is 0 Å². The topological polar surface area (TPSA) is 37.4 Å². The molecule has 0 N–H and O–H groups in total. The molecule has 1 aromatic rings. The summed E-state index contributed by atoms with van der Waals surface area (Å²) in [6.07, 6.45) is 3.98. The van der Waals surface area contributed by atoms with Gasteiger partial charge in [0.1, 0.15) is 5.82 Å². The normalized spacial score (nSPS) is 19.6. The summed E-state index contributed by atoms with van der Waals surface area (Å²) in [5, 5.41) is 0. The van der Waals surface area contributed by atoms with Gasteiger partial charge in [0.2, 0.25) is 10.0 Å². The zero-order valence-corrected chi connectivity index (χ0v) is 12.6. The first-order valence-corrected chi connectivity index (χ1v) is 8.86. The Hall–Kier alpha value is -0.650. The van der Waals surface area contributed by atoms with Crippen LogP contribution in [0.4, 0.5) is 4.39 Å². The SMILES string of the molecule is O=S(=O)(c1cc(F)ccc1CCl)N(CC1CC1)C1CC1. The van der Waals surface area contributed by atoms with Crippen molar-refractivity contribution < 1.29 is 12.8 Å². The van der Waals surface area contributed by atoms with E-state index in [1.165, 1.54) is 12.1 Å². The minimum absolute atomic E-state index is 0.0278. The first kappa shape index (κ1) is 14.3. The number of alkyl halides is 1. The van der Waals surface area contributed by atoms with E-state index in [9.17, 15) is 12.8 Å². The Morgan fingerprint density at radius 1 is 1.25 bits per heavy atom. The van der Waals surface area contributed by atoms with Crippen LogP contribution in [0.25, 0.3) is 0 Å². The molecule has 0 radical (unpaired) electrons. The molecule has 6 heteroatoms. The standard InChI is InChI=1S/C14H17ClFNO2S/c15-8-11-3-4-12(16)7-14(11)20(18,19)17(13-5-6-13)9-10-1-2-10/h3-4,7,10,13H,1-2,5-6,8-9H2. The van der Waals surface area contributed by atoms with Crippen LogP contribution in [0.2, 0.25) is 0 Å². The fourth-order valence-corrected chi connectivity index (χ4v) is 4.67. The van der Waals surface area contributed by atoms with Crippen LogP contribution in [0.15, 0.2) is 23.1 Å². The molecule has 2 aliphatic rings. The van der Waals surface area contributed by atoms with Crippen LogP contribution in [-0.2, 0) is 15.9 Å². The van der Waals surface area contributed by atoms with Crippen LogP contribution in [0.3, 0.4) is 0 Å². The first-order chi connectivity index (χ1) is 9.52. The summed E-state index contributed by atoms with van der Waals surface area (Å²) >= 11 is 5.80. The van der Waals surface area contributed by atoms with Gasteiger partial charge in [0.25, 0.3) is 0 Å². The van der Waals surface area contributed by atoms with Gasteiger partial charge in [-0.15, -0.1) is 11.6 Å². The smallest absolute Gasteiger partial charge is 0.207 e. The van der Waals surface area contributed by atoms with Gasteiger partial charge in [-0.1, -0.05) is 6.07 Å².